The SMILES string of the molecule is CSC(Oc1cc(C)c(Br)c(C)c1)C(C)(C)NC(C)=O. The summed E-state index contributed by atoms with van der Waals surface area (Å²) in [6, 6.07) is 4.01. The van der Waals surface area contributed by atoms with Gasteiger partial charge in [-0.15, -0.1) is 11.8 Å². The lowest BCUT2D eigenvalue weighted by atomic mass is 10.1. The van der Waals surface area contributed by atoms with Gasteiger partial charge in [-0.05, 0) is 57.2 Å². The minimum atomic E-state index is -0.444. The number of thioether (sulfide) groups is 1. The molecule has 112 valence electrons. The fourth-order valence-electron chi connectivity index (χ4n) is 2.10. The summed E-state index contributed by atoms with van der Waals surface area (Å²) in [6.45, 7) is 9.53. The Labute approximate surface area is 134 Å². The third-order valence-corrected chi connectivity index (χ3v) is 5.32. The van der Waals surface area contributed by atoms with Crippen LogP contribution in [0.1, 0.15) is 31.9 Å². The highest BCUT2D eigenvalue weighted by atomic mass is 79.9. The van der Waals surface area contributed by atoms with Gasteiger partial charge < -0.3 is 10.1 Å². The molecule has 1 aromatic carbocycles. The maximum Gasteiger partial charge on any atom is 0.217 e. The van der Waals surface area contributed by atoms with E-state index in [1.54, 1.807) is 11.8 Å². The number of nitrogens with one attached hydrogen (secondary N) is 1. The van der Waals surface area contributed by atoms with Gasteiger partial charge in [-0.2, -0.15) is 0 Å². The van der Waals surface area contributed by atoms with Crippen LogP contribution in [0.25, 0.3) is 0 Å². The summed E-state index contributed by atoms with van der Waals surface area (Å²) in [4.78, 5) is 11.3. The first-order valence-electron chi connectivity index (χ1n) is 6.42. The Hall–Kier alpha value is -0.680. The van der Waals surface area contributed by atoms with Crippen molar-refractivity contribution in [2.45, 2.75) is 45.6 Å². The molecule has 1 N–H and O–H groups in total. The predicted octanol–water partition coefficient (Wildman–Crippen LogP) is 4.05. The van der Waals surface area contributed by atoms with E-state index in [9.17, 15) is 4.79 Å². The van der Waals surface area contributed by atoms with Gasteiger partial charge in [0.25, 0.3) is 0 Å². The topological polar surface area (TPSA) is 38.3 Å². The van der Waals surface area contributed by atoms with E-state index in [2.05, 4.69) is 21.2 Å². The summed E-state index contributed by atoms with van der Waals surface area (Å²) in [7, 11) is 0. The Morgan fingerprint density at radius 1 is 1.35 bits per heavy atom. The molecule has 0 heterocycles. The highest BCUT2D eigenvalue weighted by Gasteiger charge is 2.31. The standard InChI is InChI=1S/C15H22BrNO2S/c1-9-7-12(8-10(2)13(9)16)19-14(20-6)15(4,5)17-11(3)18/h7-8,14H,1-6H3,(H,17,18). The molecule has 1 unspecified atom stereocenters. The van der Waals surface area contributed by atoms with Crippen molar-refractivity contribution < 1.29 is 9.53 Å². The first-order valence-corrected chi connectivity index (χ1v) is 8.50. The molecule has 1 rings (SSSR count). The molecule has 1 atom stereocenters. The highest BCUT2D eigenvalue weighted by molar-refractivity contribution is 9.10. The molecule has 1 amide bonds. The lowest BCUT2D eigenvalue weighted by Gasteiger charge is -2.34. The van der Waals surface area contributed by atoms with Crippen LogP contribution in [0.5, 0.6) is 5.75 Å². The number of halogens is 1. The molecule has 0 bridgehead atoms. The van der Waals surface area contributed by atoms with Crippen LogP contribution in [-0.4, -0.2) is 23.1 Å². The molecule has 0 aliphatic rings. The minimum absolute atomic E-state index is 0.0548. The molecule has 0 radical (unpaired) electrons. The fraction of sp³-hybridized carbons (Fsp3) is 0.533. The highest BCUT2D eigenvalue weighted by Crippen LogP contribution is 2.30. The van der Waals surface area contributed by atoms with E-state index in [4.69, 9.17) is 4.74 Å². The van der Waals surface area contributed by atoms with E-state index in [1.165, 1.54) is 6.92 Å². The first-order chi connectivity index (χ1) is 9.17. The molecule has 0 aliphatic heterocycles. The van der Waals surface area contributed by atoms with E-state index < -0.39 is 5.54 Å². The Morgan fingerprint density at radius 2 is 1.85 bits per heavy atom. The van der Waals surface area contributed by atoms with Crippen LogP contribution >= 0.6 is 27.7 Å². The van der Waals surface area contributed by atoms with Crippen molar-refractivity contribution in [1.29, 1.82) is 0 Å². The monoisotopic (exact) mass is 359 g/mol. The van der Waals surface area contributed by atoms with Crippen LogP contribution in [0.2, 0.25) is 0 Å². The number of aryl methyl sites for hydroxylation is 2. The van der Waals surface area contributed by atoms with E-state index in [1.807, 2.05) is 46.1 Å². The molecular formula is C15H22BrNO2S. The van der Waals surface area contributed by atoms with Crippen LogP contribution in [0, 0.1) is 13.8 Å². The van der Waals surface area contributed by atoms with Crippen molar-refractivity contribution in [3.63, 3.8) is 0 Å². The quantitative estimate of drug-likeness (QED) is 0.805. The number of benzene rings is 1. The molecule has 3 nitrogen and oxygen atoms in total. The van der Waals surface area contributed by atoms with E-state index in [0.717, 1.165) is 21.3 Å². The Bertz CT molecular complexity index is 480. The minimum Gasteiger partial charge on any atom is -0.477 e. The maximum absolute atomic E-state index is 11.3. The third-order valence-electron chi connectivity index (χ3n) is 2.95. The van der Waals surface area contributed by atoms with Gasteiger partial charge in [0.05, 0.1) is 5.54 Å². The van der Waals surface area contributed by atoms with Gasteiger partial charge in [-0.25, -0.2) is 0 Å². The van der Waals surface area contributed by atoms with Crippen molar-refractivity contribution in [2.24, 2.45) is 0 Å². The molecule has 0 aromatic heterocycles. The molecule has 0 aliphatic carbocycles. The summed E-state index contributed by atoms with van der Waals surface area (Å²) in [5.41, 5.74) is 1.67. The summed E-state index contributed by atoms with van der Waals surface area (Å²) < 4.78 is 7.18. The van der Waals surface area contributed by atoms with Crippen LogP contribution in [0.4, 0.5) is 0 Å². The Balaban J connectivity index is 2.96. The number of hydrogen-bond acceptors (Lipinski definition) is 3. The van der Waals surface area contributed by atoms with Gasteiger partial charge >= 0.3 is 0 Å². The molecule has 0 fully saturated rings. The van der Waals surface area contributed by atoms with E-state index in [0.29, 0.717) is 0 Å². The molecule has 5 heteroatoms. The molecular weight excluding hydrogens is 338 g/mol. The zero-order valence-electron chi connectivity index (χ0n) is 12.8. The summed E-state index contributed by atoms with van der Waals surface area (Å²) in [5.74, 6) is 0.766. The van der Waals surface area contributed by atoms with Crippen molar-refractivity contribution in [1.82, 2.24) is 5.32 Å². The zero-order chi connectivity index (χ0) is 15.5. The van der Waals surface area contributed by atoms with Gasteiger partial charge in [0.15, 0.2) is 5.44 Å². The first kappa shape index (κ1) is 17.4. The maximum atomic E-state index is 11.3. The number of carbonyl (C=O) groups is 1. The molecule has 1 aromatic rings. The van der Waals surface area contributed by atoms with Crippen molar-refractivity contribution >= 4 is 33.6 Å². The van der Waals surface area contributed by atoms with Gasteiger partial charge in [-0.3, -0.25) is 4.79 Å². The second kappa shape index (κ2) is 6.85. The Kier molecular flexibility index (Phi) is 5.95. The largest absolute Gasteiger partial charge is 0.477 e. The Morgan fingerprint density at radius 3 is 2.25 bits per heavy atom. The van der Waals surface area contributed by atoms with Gasteiger partial charge in [0, 0.05) is 11.4 Å². The predicted molar refractivity (Wildman–Crippen MR) is 89.4 cm³/mol. The van der Waals surface area contributed by atoms with Gasteiger partial charge in [0.1, 0.15) is 5.75 Å². The van der Waals surface area contributed by atoms with Crippen LogP contribution in [-0.2, 0) is 4.79 Å². The van der Waals surface area contributed by atoms with E-state index >= 15 is 0 Å². The van der Waals surface area contributed by atoms with Gasteiger partial charge in [-0.1, -0.05) is 15.9 Å². The summed E-state index contributed by atoms with van der Waals surface area (Å²) in [6.07, 6.45) is 1.98. The van der Waals surface area contributed by atoms with Gasteiger partial charge in [0.2, 0.25) is 5.91 Å². The zero-order valence-corrected chi connectivity index (χ0v) is 15.2. The second-order valence-electron chi connectivity index (χ2n) is 5.46. The summed E-state index contributed by atoms with van der Waals surface area (Å²) in [5, 5.41) is 2.94. The number of rotatable bonds is 5. The third kappa shape index (κ3) is 4.42. The lowest BCUT2D eigenvalue weighted by molar-refractivity contribution is -0.121. The average Bonchev–Trinajstić information content (AvgIpc) is 2.30. The molecule has 0 spiro atoms. The van der Waals surface area contributed by atoms with Crippen LogP contribution in [0.3, 0.4) is 0 Å². The molecule has 0 saturated heterocycles. The number of ether oxygens (including phenoxy) is 1. The summed E-state index contributed by atoms with van der Waals surface area (Å²) >= 11 is 5.13. The van der Waals surface area contributed by atoms with E-state index in [-0.39, 0.29) is 11.3 Å². The molecule has 20 heavy (non-hydrogen) atoms. The number of carbonyl (C=O) groups excluding carboxylic acids is 1. The van der Waals surface area contributed by atoms with Crippen molar-refractivity contribution in [2.75, 3.05) is 6.26 Å². The second-order valence-corrected chi connectivity index (χ2v) is 7.15. The average molecular weight is 360 g/mol. The van der Waals surface area contributed by atoms with Crippen LogP contribution in [0.15, 0.2) is 16.6 Å². The smallest absolute Gasteiger partial charge is 0.217 e. The van der Waals surface area contributed by atoms with Crippen molar-refractivity contribution in [3.05, 3.63) is 27.7 Å². The number of hydrogen-bond donors (Lipinski definition) is 1. The van der Waals surface area contributed by atoms with Crippen molar-refractivity contribution in [3.8, 4) is 5.75 Å². The van der Waals surface area contributed by atoms with Crippen LogP contribution < -0.4 is 10.1 Å². The number of amides is 1. The normalized spacial score (nSPS) is 12.9. The molecule has 0 saturated carbocycles. The lowest BCUT2D eigenvalue weighted by Crippen LogP contribution is -2.52. The fourth-order valence-corrected chi connectivity index (χ4v) is 3.18.